The summed E-state index contributed by atoms with van der Waals surface area (Å²) in [6.45, 7) is 8.55. The Morgan fingerprint density at radius 3 is 2.81 bits per heavy atom. The van der Waals surface area contributed by atoms with Crippen LogP contribution in [0.4, 0.5) is 0 Å². The van der Waals surface area contributed by atoms with Gasteiger partial charge in [0.05, 0.1) is 20.8 Å². The molecule has 7 nitrogen and oxygen atoms in total. The number of hydrogen-bond donors (Lipinski definition) is 2. The summed E-state index contributed by atoms with van der Waals surface area (Å²) >= 11 is 1.61. The second-order valence-electron chi connectivity index (χ2n) is 9.25. The third-order valence-electron chi connectivity index (χ3n) is 6.96. The molecule has 0 spiro atoms. The van der Waals surface area contributed by atoms with Gasteiger partial charge in [-0.05, 0) is 47.9 Å². The first-order valence-electron chi connectivity index (χ1n) is 10.9. The Morgan fingerprint density at radius 2 is 2.06 bits per heavy atom. The molecule has 1 amide bonds. The van der Waals surface area contributed by atoms with Crippen LogP contribution in [0, 0.1) is 18.8 Å². The van der Waals surface area contributed by atoms with Gasteiger partial charge in [-0.2, -0.15) is 5.10 Å². The van der Waals surface area contributed by atoms with E-state index < -0.39 is 0 Å². The minimum atomic E-state index is 0.144. The van der Waals surface area contributed by atoms with E-state index in [2.05, 4.69) is 47.2 Å². The molecule has 1 unspecified atom stereocenters. The predicted octanol–water partition coefficient (Wildman–Crippen LogP) is 3.66. The number of hydrogen-bond acceptors (Lipinski definition) is 5. The van der Waals surface area contributed by atoms with E-state index in [1.54, 1.807) is 17.7 Å². The molecule has 1 saturated heterocycles. The summed E-state index contributed by atoms with van der Waals surface area (Å²) in [5, 5.41) is 7.73. The molecule has 6 rings (SSSR count). The molecule has 2 fully saturated rings. The van der Waals surface area contributed by atoms with Crippen LogP contribution in [0.3, 0.4) is 0 Å². The molecule has 1 aliphatic heterocycles. The molecule has 31 heavy (non-hydrogen) atoms. The number of thiophene rings is 1. The minimum absolute atomic E-state index is 0.144. The summed E-state index contributed by atoms with van der Waals surface area (Å²) in [5.74, 6) is 1.73. The highest BCUT2D eigenvalue weighted by atomic mass is 32.1. The Balaban J connectivity index is 1.39. The molecule has 4 aromatic heterocycles. The molecule has 0 radical (unpaired) electrons. The zero-order chi connectivity index (χ0) is 21.4. The van der Waals surface area contributed by atoms with E-state index in [1.807, 2.05) is 28.7 Å². The zero-order valence-corrected chi connectivity index (χ0v) is 19.0. The van der Waals surface area contributed by atoms with Crippen molar-refractivity contribution in [1.29, 1.82) is 0 Å². The van der Waals surface area contributed by atoms with E-state index in [-0.39, 0.29) is 5.91 Å². The highest BCUT2D eigenvalue weighted by Gasteiger charge is 2.56. The molecule has 2 aliphatic rings. The zero-order valence-electron chi connectivity index (χ0n) is 18.1. The summed E-state index contributed by atoms with van der Waals surface area (Å²) in [4.78, 5) is 23.9. The van der Waals surface area contributed by atoms with E-state index in [0.29, 0.717) is 23.8 Å². The van der Waals surface area contributed by atoms with Crippen molar-refractivity contribution >= 4 is 33.1 Å². The number of pyridine rings is 1. The summed E-state index contributed by atoms with van der Waals surface area (Å²) in [6, 6.07) is 4.59. The van der Waals surface area contributed by atoms with Crippen LogP contribution in [0.1, 0.15) is 40.6 Å². The van der Waals surface area contributed by atoms with E-state index in [0.717, 1.165) is 46.0 Å². The summed E-state index contributed by atoms with van der Waals surface area (Å²) in [5.41, 5.74) is 6.45. The van der Waals surface area contributed by atoms with Crippen LogP contribution in [-0.4, -0.2) is 56.6 Å². The van der Waals surface area contributed by atoms with Gasteiger partial charge in [0.25, 0.3) is 5.91 Å². The number of H-pyrrole nitrogens is 1. The fourth-order valence-corrected chi connectivity index (χ4v) is 6.68. The molecule has 1 aliphatic carbocycles. The van der Waals surface area contributed by atoms with Crippen molar-refractivity contribution in [3.8, 4) is 11.3 Å². The average molecular weight is 435 g/mol. The van der Waals surface area contributed by atoms with Gasteiger partial charge < -0.3 is 15.2 Å². The molecule has 1 saturated carbocycles. The fraction of sp³-hybridized carbons (Fsp3) is 0.435. The van der Waals surface area contributed by atoms with Crippen molar-refractivity contribution in [2.75, 3.05) is 20.1 Å². The second-order valence-corrected chi connectivity index (χ2v) is 10.3. The first kappa shape index (κ1) is 19.0. The topological polar surface area (TPSA) is 78.3 Å². The van der Waals surface area contributed by atoms with Crippen molar-refractivity contribution in [3.63, 3.8) is 0 Å². The van der Waals surface area contributed by atoms with Gasteiger partial charge in [0.15, 0.2) is 5.65 Å². The van der Waals surface area contributed by atoms with Crippen LogP contribution in [-0.2, 0) is 0 Å². The Labute approximate surface area is 184 Å². The normalized spacial score (nSPS) is 22.5. The van der Waals surface area contributed by atoms with Crippen LogP contribution in [0.25, 0.3) is 27.1 Å². The molecule has 0 bridgehead atoms. The van der Waals surface area contributed by atoms with Crippen LogP contribution in [0.5, 0.6) is 0 Å². The molecule has 3 atom stereocenters. The number of aromatic amines is 1. The number of nitrogens with one attached hydrogen (secondary N) is 2. The molecule has 5 heterocycles. The van der Waals surface area contributed by atoms with E-state index >= 15 is 0 Å². The number of amides is 1. The maximum absolute atomic E-state index is 13.2. The van der Waals surface area contributed by atoms with Crippen LogP contribution in [0.15, 0.2) is 24.7 Å². The highest BCUT2D eigenvalue weighted by molar-refractivity contribution is 7.21. The van der Waals surface area contributed by atoms with Crippen molar-refractivity contribution in [2.24, 2.45) is 11.8 Å². The van der Waals surface area contributed by atoms with Crippen molar-refractivity contribution in [3.05, 3.63) is 40.7 Å². The number of carbonyl (C=O) groups excluding carboxylic acids is 1. The van der Waals surface area contributed by atoms with Crippen LogP contribution < -0.4 is 5.32 Å². The number of rotatable bonds is 4. The third-order valence-corrected chi connectivity index (χ3v) is 8.11. The van der Waals surface area contributed by atoms with Gasteiger partial charge in [-0.25, -0.2) is 9.50 Å². The average Bonchev–Trinajstić information content (AvgIpc) is 3.28. The summed E-state index contributed by atoms with van der Waals surface area (Å²) < 4.78 is 3.00. The van der Waals surface area contributed by atoms with Gasteiger partial charge in [-0.3, -0.25) is 4.79 Å². The van der Waals surface area contributed by atoms with Gasteiger partial charge in [0.2, 0.25) is 0 Å². The molecule has 0 aromatic carbocycles. The maximum atomic E-state index is 13.2. The Morgan fingerprint density at radius 1 is 1.29 bits per heavy atom. The highest BCUT2D eigenvalue weighted by Crippen LogP contribution is 2.46. The standard InChI is InChI=1S/C23H26N6OS/c1-11(2)18-19(13-5-12(3)22-25-10-26-29(22)9-13)27-16-6-17(31-21(16)18)23(30)28(4)20-14-7-24-8-15(14)20/h5-6,9-11,14-15,20,24,27H,7-8H2,1-4H3/t14-,15+,20?. The lowest BCUT2D eigenvalue weighted by molar-refractivity contribution is 0.0774. The van der Waals surface area contributed by atoms with Gasteiger partial charge >= 0.3 is 0 Å². The SMILES string of the molecule is Cc1cc(-c2[nH]c3cc(C(=O)N(C)C4[C@H]5CNC[C@@H]45)sc3c2C(C)C)cn2ncnc12. The molecule has 160 valence electrons. The molecular weight excluding hydrogens is 408 g/mol. The van der Waals surface area contributed by atoms with Crippen molar-refractivity contribution in [2.45, 2.75) is 32.7 Å². The van der Waals surface area contributed by atoms with Gasteiger partial charge in [0.1, 0.15) is 6.33 Å². The maximum Gasteiger partial charge on any atom is 0.264 e. The quantitative estimate of drug-likeness (QED) is 0.514. The number of carbonyl (C=O) groups is 1. The monoisotopic (exact) mass is 434 g/mol. The van der Waals surface area contributed by atoms with E-state index in [9.17, 15) is 4.79 Å². The van der Waals surface area contributed by atoms with Gasteiger partial charge in [-0.1, -0.05) is 13.8 Å². The predicted molar refractivity (Wildman–Crippen MR) is 123 cm³/mol. The van der Waals surface area contributed by atoms with Gasteiger partial charge in [0, 0.05) is 37.9 Å². The summed E-state index contributed by atoms with van der Waals surface area (Å²) in [6.07, 6.45) is 3.61. The third kappa shape index (κ3) is 2.78. The lowest BCUT2D eigenvalue weighted by Crippen LogP contribution is -2.34. The van der Waals surface area contributed by atoms with Crippen molar-refractivity contribution < 1.29 is 4.79 Å². The number of aromatic nitrogens is 4. The van der Waals surface area contributed by atoms with Gasteiger partial charge in [-0.15, -0.1) is 11.3 Å². The van der Waals surface area contributed by atoms with Crippen LogP contribution in [0.2, 0.25) is 0 Å². The van der Waals surface area contributed by atoms with E-state index in [1.165, 1.54) is 10.3 Å². The van der Waals surface area contributed by atoms with E-state index in [4.69, 9.17) is 0 Å². The molecule has 4 aromatic rings. The summed E-state index contributed by atoms with van der Waals surface area (Å²) in [7, 11) is 1.96. The second kappa shape index (κ2) is 6.64. The number of nitrogens with zero attached hydrogens (tertiary/aromatic N) is 4. The first-order valence-corrected chi connectivity index (χ1v) is 11.7. The fourth-order valence-electron chi connectivity index (χ4n) is 5.38. The lowest BCUT2D eigenvalue weighted by Gasteiger charge is -2.18. The van der Waals surface area contributed by atoms with Crippen LogP contribution >= 0.6 is 11.3 Å². The molecular formula is C23H26N6OS. The lowest BCUT2D eigenvalue weighted by atomic mass is 9.99. The number of piperidine rings is 1. The Bertz CT molecular complexity index is 1320. The molecule has 8 heteroatoms. The van der Waals surface area contributed by atoms with Crippen molar-refractivity contribution in [1.82, 2.24) is 29.8 Å². The largest absolute Gasteiger partial charge is 0.354 e. The molecule has 2 N–H and O–H groups in total. The number of aryl methyl sites for hydroxylation is 1. The Kier molecular flexibility index (Phi) is 4.07. The number of fused-ring (bicyclic) bond motifs is 3. The Hall–Kier alpha value is -2.71. The smallest absolute Gasteiger partial charge is 0.264 e. The minimum Gasteiger partial charge on any atom is -0.354 e. The first-order chi connectivity index (χ1) is 14.9.